The van der Waals surface area contributed by atoms with Gasteiger partial charge in [0.1, 0.15) is 0 Å². The van der Waals surface area contributed by atoms with Crippen molar-refractivity contribution in [3.05, 3.63) is 59.8 Å². The van der Waals surface area contributed by atoms with Crippen LogP contribution in [0.15, 0.2) is 53.7 Å². The molecule has 1 fully saturated rings. The summed E-state index contributed by atoms with van der Waals surface area (Å²) in [6.07, 6.45) is 11.9. The van der Waals surface area contributed by atoms with Crippen LogP contribution >= 0.6 is 11.3 Å². The molecule has 1 saturated carbocycles. The van der Waals surface area contributed by atoms with Crippen LogP contribution < -0.4 is 10.6 Å². The molecule has 1 aromatic heterocycles. The summed E-state index contributed by atoms with van der Waals surface area (Å²) in [4.78, 5) is 4.50. The van der Waals surface area contributed by atoms with Gasteiger partial charge in [-0.2, -0.15) is 0 Å². The molecule has 5 nitrogen and oxygen atoms in total. The van der Waals surface area contributed by atoms with Crippen LogP contribution in [0.5, 0.6) is 0 Å². The standard InChI is InChI=1S/C25H35N5S/c1-5-7-11-23(26-4)21-12-14-22(15-13-21)28-25-30-29-24(31-25)27-18(3)16-20-10-8-9-19(6-2)17-20/h7-11,17,21-22H,3,5-6,12-16H2,1-2,4H3,(H,27,29)(H,28,30)/b11-7-,26-23+/t21-,22-. The number of nitrogens with one attached hydrogen (secondary N) is 2. The fraction of sp³-hybridized carbons (Fsp3) is 0.480. The molecule has 0 saturated heterocycles. The van der Waals surface area contributed by atoms with Crippen molar-refractivity contribution < 1.29 is 0 Å². The van der Waals surface area contributed by atoms with Crippen molar-refractivity contribution in [1.29, 1.82) is 0 Å². The monoisotopic (exact) mass is 437 g/mol. The molecule has 2 N–H and O–H groups in total. The summed E-state index contributed by atoms with van der Waals surface area (Å²) in [6, 6.07) is 9.10. The maximum Gasteiger partial charge on any atom is 0.211 e. The summed E-state index contributed by atoms with van der Waals surface area (Å²) in [6.45, 7) is 8.51. The largest absolute Gasteiger partial charge is 0.357 e. The van der Waals surface area contributed by atoms with Crippen molar-refractivity contribution in [2.75, 3.05) is 17.7 Å². The number of benzene rings is 1. The smallest absolute Gasteiger partial charge is 0.211 e. The Balaban J connectivity index is 1.47. The van der Waals surface area contributed by atoms with Crippen molar-refractivity contribution in [1.82, 2.24) is 10.2 Å². The van der Waals surface area contributed by atoms with Crippen LogP contribution in [-0.2, 0) is 12.8 Å². The van der Waals surface area contributed by atoms with Crippen molar-refractivity contribution >= 4 is 27.3 Å². The van der Waals surface area contributed by atoms with E-state index in [4.69, 9.17) is 0 Å². The van der Waals surface area contributed by atoms with E-state index >= 15 is 0 Å². The minimum absolute atomic E-state index is 0.449. The molecule has 3 rings (SSSR count). The normalized spacial score (nSPS) is 19.5. The average molecular weight is 438 g/mol. The number of allylic oxidation sites excluding steroid dienone is 3. The van der Waals surface area contributed by atoms with E-state index in [0.717, 1.165) is 60.9 Å². The fourth-order valence-corrected chi connectivity index (χ4v) is 4.84. The van der Waals surface area contributed by atoms with Gasteiger partial charge in [-0.25, -0.2) is 0 Å². The molecular formula is C25H35N5S. The molecule has 0 bridgehead atoms. The van der Waals surface area contributed by atoms with Gasteiger partial charge in [0.05, 0.1) is 0 Å². The number of nitrogens with zero attached hydrogens (tertiary/aromatic N) is 3. The summed E-state index contributed by atoms with van der Waals surface area (Å²) in [7, 11) is 1.91. The van der Waals surface area contributed by atoms with Crippen LogP contribution in [0.3, 0.4) is 0 Å². The number of aliphatic imine (C=N–C) groups is 1. The molecule has 0 amide bonds. The first kappa shape index (κ1) is 23.2. The van der Waals surface area contributed by atoms with E-state index in [-0.39, 0.29) is 0 Å². The van der Waals surface area contributed by atoms with Gasteiger partial charge in [0.25, 0.3) is 0 Å². The highest BCUT2D eigenvalue weighted by Crippen LogP contribution is 2.30. The number of aryl methyl sites for hydroxylation is 1. The second-order valence-electron chi connectivity index (χ2n) is 8.14. The molecule has 6 heteroatoms. The van der Waals surface area contributed by atoms with Crippen molar-refractivity contribution in [2.24, 2.45) is 10.9 Å². The van der Waals surface area contributed by atoms with Gasteiger partial charge in [-0.3, -0.25) is 4.99 Å². The summed E-state index contributed by atoms with van der Waals surface area (Å²) in [5.74, 6) is 0.576. The Morgan fingerprint density at radius 1 is 1.16 bits per heavy atom. The highest BCUT2D eigenvalue weighted by molar-refractivity contribution is 7.19. The third-order valence-electron chi connectivity index (χ3n) is 5.78. The maximum absolute atomic E-state index is 4.50. The number of hydrogen-bond acceptors (Lipinski definition) is 6. The van der Waals surface area contributed by atoms with Gasteiger partial charge in [0.15, 0.2) is 0 Å². The summed E-state index contributed by atoms with van der Waals surface area (Å²) < 4.78 is 0. The quantitative estimate of drug-likeness (QED) is 0.430. The maximum atomic E-state index is 4.50. The van der Waals surface area contributed by atoms with E-state index in [9.17, 15) is 0 Å². The van der Waals surface area contributed by atoms with Gasteiger partial charge < -0.3 is 10.6 Å². The molecule has 166 valence electrons. The van der Waals surface area contributed by atoms with E-state index in [0.29, 0.717) is 12.0 Å². The van der Waals surface area contributed by atoms with Crippen LogP contribution in [0.2, 0.25) is 0 Å². The van der Waals surface area contributed by atoms with Gasteiger partial charge in [-0.1, -0.05) is 62.1 Å². The molecule has 2 aromatic rings. The van der Waals surface area contributed by atoms with Gasteiger partial charge >= 0.3 is 0 Å². The second kappa shape index (κ2) is 11.8. The lowest BCUT2D eigenvalue weighted by molar-refractivity contribution is 0.408. The molecule has 0 atom stereocenters. The topological polar surface area (TPSA) is 62.2 Å². The first-order valence-corrected chi connectivity index (χ1v) is 12.2. The Morgan fingerprint density at radius 2 is 1.90 bits per heavy atom. The highest BCUT2D eigenvalue weighted by atomic mass is 32.1. The highest BCUT2D eigenvalue weighted by Gasteiger charge is 2.24. The third kappa shape index (κ3) is 7.03. The molecule has 31 heavy (non-hydrogen) atoms. The lowest BCUT2D eigenvalue weighted by Gasteiger charge is -2.29. The zero-order chi connectivity index (χ0) is 22.1. The molecule has 1 aliphatic rings. The Bertz CT molecular complexity index is 906. The molecule has 0 radical (unpaired) electrons. The number of aromatic nitrogens is 2. The number of anilines is 2. The molecule has 1 aromatic carbocycles. The molecule has 0 aliphatic heterocycles. The SMILES string of the molecule is C=C(Cc1cccc(CC)c1)Nc1nnc(N[C@H]2CC[C@H](C(/C=C\CC)=N/C)CC2)s1. The minimum Gasteiger partial charge on any atom is -0.357 e. The minimum atomic E-state index is 0.449. The first-order valence-electron chi connectivity index (χ1n) is 11.4. The Morgan fingerprint density at radius 3 is 2.61 bits per heavy atom. The predicted octanol–water partition coefficient (Wildman–Crippen LogP) is 6.28. The predicted molar refractivity (Wildman–Crippen MR) is 134 cm³/mol. The van der Waals surface area contributed by atoms with Gasteiger partial charge in [0.2, 0.25) is 10.3 Å². The Hall–Kier alpha value is -2.47. The van der Waals surface area contributed by atoms with Crippen LogP contribution in [0.25, 0.3) is 0 Å². The zero-order valence-electron chi connectivity index (χ0n) is 19.0. The molecule has 1 heterocycles. The third-order valence-corrected chi connectivity index (χ3v) is 6.55. The molecule has 1 aliphatic carbocycles. The Kier molecular flexibility index (Phi) is 8.83. The van der Waals surface area contributed by atoms with Crippen molar-refractivity contribution in [3.63, 3.8) is 0 Å². The number of hydrogen-bond donors (Lipinski definition) is 2. The summed E-state index contributed by atoms with van der Waals surface area (Å²) in [5.41, 5.74) is 4.79. The van der Waals surface area contributed by atoms with E-state index < -0.39 is 0 Å². The van der Waals surface area contributed by atoms with Gasteiger partial charge in [0, 0.05) is 36.8 Å². The zero-order valence-corrected chi connectivity index (χ0v) is 19.8. The Labute approximate surface area is 190 Å². The fourth-order valence-electron chi connectivity index (χ4n) is 4.07. The van der Waals surface area contributed by atoms with Crippen LogP contribution in [0.1, 0.15) is 57.1 Å². The number of rotatable bonds is 10. The molecule has 0 spiro atoms. The van der Waals surface area contributed by atoms with Gasteiger partial charge in [-0.05, 0) is 55.7 Å². The average Bonchev–Trinajstić information content (AvgIpc) is 3.21. The van der Waals surface area contributed by atoms with Crippen LogP contribution in [0, 0.1) is 5.92 Å². The summed E-state index contributed by atoms with van der Waals surface area (Å²) in [5, 5.41) is 17.2. The van der Waals surface area contributed by atoms with E-state index in [1.807, 2.05) is 7.05 Å². The van der Waals surface area contributed by atoms with Crippen molar-refractivity contribution in [3.8, 4) is 0 Å². The van der Waals surface area contributed by atoms with Crippen molar-refractivity contribution in [2.45, 2.75) is 64.8 Å². The molecular weight excluding hydrogens is 402 g/mol. The van der Waals surface area contributed by atoms with Crippen LogP contribution in [-0.4, -0.2) is 29.0 Å². The van der Waals surface area contributed by atoms with E-state index in [1.54, 1.807) is 11.3 Å². The second-order valence-corrected chi connectivity index (χ2v) is 9.12. The lowest BCUT2D eigenvalue weighted by Crippen LogP contribution is -2.28. The van der Waals surface area contributed by atoms with Gasteiger partial charge in [-0.15, -0.1) is 10.2 Å². The lowest BCUT2D eigenvalue weighted by atomic mass is 9.83. The first-order chi connectivity index (χ1) is 15.1. The summed E-state index contributed by atoms with van der Waals surface area (Å²) >= 11 is 1.56. The van der Waals surface area contributed by atoms with Crippen LogP contribution in [0.4, 0.5) is 10.3 Å². The van der Waals surface area contributed by atoms with E-state index in [2.05, 4.69) is 82.7 Å². The van der Waals surface area contributed by atoms with E-state index in [1.165, 1.54) is 16.8 Å². The molecule has 0 unspecified atom stereocenters.